The predicted octanol–water partition coefficient (Wildman–Crippen LogP) is 1.79. The highest BCUT2D eigenvalue weighted by molar-refractivity contribution is 7.99. The summed E-state index contributed by atoms with van der Waals surface area (Å²) < 4.78 is 32.6. The van der Waals surface area contributed by atoms with Gasteiger partial charge in [-0.05, 0) is 32.0 Å². The third-order valence-corrected chi connectivity index (χ3v) is 6.39. The van der Waals surface area contributed by atoms with Gasteiger partial charge in [-0.25, -0.2) is 8.42 Å². The van der Waals surface area contributed by atoms with Crippen LogP contribution in [0, 0.1) is 0 Å². The lowest BCUT2D eigenvalue weighted by Gasteiger charge is -2.32. The summed E-state index contributed by atoms with van der Waals surface area (Å²) in [5, 5.41) is 0. The van der Waals surface area contributed by atoms with Crippen molar-refractivity contribution in [1.29, 1.82) is 0 Å². The summed E-state index contributed by atoms with van der Waals surface area (Å²) in [5.41, 5.74) is 6.16. The zero-order chi connectivity index (χ0) is 14.8. The molecule has 2 N–H and O–H groups in total. The molecule has 0 aliphatic carbocycles. The smallest absolute Gasteiger partial charge is 0.247 e. The molecule has 0 amide bonds. The van der Waals surface area contributed by atoms with Crippen molar-refractivity contribution in [2.75, 3.05) is 30.4 Å². The number of hydrogen-bond donors (Lipinski definition) is 1. The first-order valence-electron chi connectivity index (χ1n) is 6.58. The highest BCUT2D eigenvalue weighted by Gasteiger charge is 2.33. The van der Waals surface area contributed by atoms with Crippen LogP contribution in [0.5, 0.6) is 5.75 Å². The van der Waals surface area contributed by atoms with Gasteiger partial charge in [0.15, 0.2) is 0 Å². The number of thioether (sulfide) groups is 1. The van der Waals surface area contributed by atoms with E-state index in [1.54, 1.807) is 28.2 Å². The van der Waals surface area contributed by atoms with Gasteiger partial charge in [0.25, 0.3) is 0 Å². The van der Waals surface area contributed by atoms with Crippen LogP contribution in [0.1, 0.15) is 13.8 Å². The van der Waals surface area contributed by atoms with E-state index in [0.29, 0.717) is 24.6 Å². The Labute approximate surface area is 124 Å². The highest BCUT2D eigenvalue weighted by Crippen LogP contribution is 2.31. The second-order valence-electron chi connectivity index (χ2n) is 4.68. The Morgan fingerprint density at radius 2 is 2.25 bits per heavy atom. The lowest BCUT2D eigenvalue weighted by atomic mass is 10.3. The molecule has 1 aromatic rings. The van der Waals surface area contributed by atoms with Gasteiger partial charge in [-0.15, -0.1) is 0 Å². The summed E-state index contributed by atoms with van der Waals surface area (Å²) >= 11 is 1.77. The summed E-state index contributed by atoms with van der Waals surface area (Å²) in [7, 11) is -3.57. The molecule has 0 aromatic heterocycles. The van der Waals surface area contributed by atoms with Gasteiger partial charge in [-0.3, -0.25) is 0 Å². The summed E-state index contributed by atoms with van der Waals surface area (Å²) in [6.45, 7) is 4.69. The number of nitrogens with two attached hydrogens (primary N) is 1. The summed E-state index contributed by atoms with van der Waals surface area (Å²) in [6, 6.07) is 4.73. The van der Waals surface area contributed by atoms with Crippen LogP contribution >= 0.6 is 11.8 Å². The summed E-state index contributed by atoms with van der Waals surface area (Å²) in [6.07, 6.45) is 0. The van der Waals surface area contributed by atoms with Crippen molar-refractivity contribution in [3.63, 3.8) is 0 Å². The van der Waals surface area contributed by atoms with Crippen molar-refractivity contribution in [3.8, 4) is 5.75 Å². The number of sulfonamides is 1. The van der Waals surface area contributed by atoms with Crippen LogP contribution in [0.3, 0.4) is 0 Å². The van der Waals surface area contributed by atoms with E-state index >= 15 is 0 Å². The molecule has 1 aliphatic heterocycles. The minimum Gasteiger partial charge on any atom is -0.492 e. The molecule has 1 unspecified atom stereocenters. The van der Waals surface area contributed by atoms with Crippen LogP contribution in [0.15, 0.2) is 23.1 Å². The number of nitrogen functional groups attached to an aromatic ring is 1. The Hall–Kier alpha value is -0.920. The molecule has 1 fully saturated rings. The Balaban J connectivity index is 2.44. The number of rotatable bonds is 4. The van der Waals surface area contributed by atoms with Gasteiger partial charge < -0.3 is 10.5 Å². The number of ether oxygens (including phenoxy) is 1. The van der Waals surface area contributed by atoms with Crippen molar-refractivity contribution in [3.05, 3.63) is 18.2 Å². The molecule has 1 aliphatic rings. The second-order valence-corrected chi connectivity index (χ2v) is 7.69. The molecular formula is C13H20N2O3S2. The zero-order valence-electron chi connectivity index (χ0n) is 11.7. The fourth-order valence-corrected chi connectivity index (χ4v) is 5.22. The molecule has 1 atom stereocenters. The molecule has 7 heteroatoms. The first-order chi connectivity index (χ1) is 9.46. The molecule has 20 heavy (non-hydrogen) atoms. The lowest BCUT2D eigenvalue weighted by molar-refractivity contribution is 0.325. The first-order valence-corrected chi connectivity index (χ1v) is 9.18. The number of anilines is 1. The monoisotopic (exact) mass is 316 g/mol. The normalized spacial score (nSPS) is 20.8. The van der Waals surface area contributed by atoms with E-state index in [9.17, 15) is 8.42 Å². The van der Waals surface area contributed by atoms with Crippen LogP contribution < -0.4 is 10.5 Å². The Bertz CT molecular complexity index is 575. The molecular weight excluding hydrogens is 296 g/mol. The van der Waals surface area contributed by atoms with Gasteiger partial charge in [-0.2, -0.15) is 16.1 Å². The van der Waals surface area contributed by atoms with Crippen molar-refractivity contribution < 1.29 is 13.2 Å². The molecule has 1 heterocycles. The molecule has 1 saturated heterocycles. The zero-order valence-corrected chi connectivity index (χ0v) is 13.3. The fourth-order valence-electron chi connectivity index (χ4n) is 2.20. The SMILES string of the molecule is CCOc1ccc(N)cc1S(=O)(=O)N1CCSCC1C. The maximum absolute atomic E-state index is 12.8. The van der Waals surface area contributed by atoms with E-state index in [4.69, 9.17) is 10.5 Å². The average molecular weight is 316 g/mol. The molecule has 1 aromatic carbocycles. The van der Waals surface area contributed by atoms with Crippen LogP contribution in [-0.2, 0) is 10.0 Å². The van der Waals surface area contributed by atoms with Crippen molar-refractivity contribution in [2.45, 2.75) is 24.8 Å². The Morgan fingerprint density at radius 3 is 2.90 bits per heavy atom. The van der Waals surface area contributed by atoms with Crippen molar-refractivity contribution >= 4 is 27.5 Å². The maximum Gasteiger partial charge on any atom is 0.247 e. The highest BCUT2D eigenvalue weighted by atomic mass is 32.2. The van der Waals surface area contributed by atoms with Crippen LogP contribution in [0.25, 0.3) is 0 Å². The fraction of sp³-hybridized carbons (Fsp3) is 0.538. The van der Waals surface area contributed by atoms with Gasteiger partial charge >= 0.3 is 0 Å². The molecule has 0 spiro atoms. The van der Waals surface area contributed by atoms with E-state index in [1.165, 1.54) is 6.07 Å². The first kappa shape index (κ1) is 15.5. The van der Waals surface area contributed by atoms with E-state index in [2.05, 4.69) is 0 Å². The molecule has 2 rings (SSSR count). The van der Waals surface area contributed by atoms with Gasteiger partial charge in [-0.1, -0.05) is 0 Å². The minimum absolute atomic E-state index is 0.0188. The van der Waals surface area contributed by atoms with Gasteiger partial charge in [0.05, 0.1) is 6.61 Å². The van der Waals surface area contributed by atoms with Gasteiger partial charge in [0.1, 0.15) is 10.6 Å². The van der Waals surface area contributed by atoms with Crippen LogP contribution in [0.2, 0.25) is 0 Å². The molecule has 0 saturated carbocycles. The Kier molecular flexibility index (Phi) is 4.82. The van der Waals surface area contributed by atoms with Crippen LogP contribution in [-0.4, -0.2) is 43.4 Å². The maximum atomic E-state index is 12.8. The van der Waals surface area contributed by atoms with E-state index in [-0.39, 0.29) is 10.9 Å². The molecule has 0 bridgehead atoms. The quantitative estimate of drug-likeness (QED) is 0.858. The number of nitrogens with zero attached hydrogens (tertiary/aromatic N) is 1. The number of hydrogen-bond acceptors (Lipinski definition) is 5. The summed E-state index contributed by atoms with van der Waals surface area (Å²) in [4.78, 5) is 0.165. The topological polar surface area (TPSA) is 72.6 Å². The van der Waals surface area contributed by atoms with Crippen molar-refractivity contribution in [1.82, 2.24) is 4.31 Å². The second kappa shape index (κ2) is 6.24. The third kappa shape index (κ3) is 3.05. The molecule has 0 radical (unpaired) electrons. The van der Waals surface area contributed by atoms with Gasteiger partial charge in [0, 0.05) is 29.8 Å². The molecule has 5 nitrogen and oxygen atoms in total. The minimum atomic E-state index is -3.57. The predicted molar refractivity (Wildman–Crippen MR) is 82.7 cm³/mol. The number of benzene rings is 1. The lowest BCUT2D eigenvalue weighted by Crippen LogP contribution is -2.44. The van der Waals surface area contributed by atoms with E-state index in [1.807, 2.05) is 13.8 Å². The molecule has 112 valence electrons. The largest absolute Gasteiger partial charge is 0.492 e. The van der Waals surface area contributed by atoms with E-state index in [0.717, 1.165) is 11.5 Å². The Morgan fingerprint density at radius 1 is 1.50 bits per heavy atom. The summed E-state index contributed by atoms with van der Waals surface area (Å²) in [5.74, 6) is 1.99. The van der Waals surface area contributed by atoms with Crippen LogP contribution in [0.4, 0.5) is 5.69 Å². The average Bonchev–Trinajstić information content (AvgIpc) is 2.41. The van der Waals surface area contributed by atoms with Crippen molar-refractivity contribution in [2.24, 2.45) is 0 Å². The third-order valence-electron chi connectivity index (χ3n) is 3.16. The standard InChI is InChI=1S/C13H20N2O3S2/c1-3-18-12-5-4-11(14)8-13(12)20(16,17)15-6-7-19-9-10(15)2/h4-5,8,10H,3,6-7,9,14H2,1-2H3. The van der Waals surface area contributed by atoms with Gasteiger partial charge in [0.2, 0.25) is 10.0 Å². The van der Waals surface area contributed by atoms with E-state index < -0.39 is 10.0 Å².